The third-order valence-corrected chi connectivity index (χ3v) is 4.15. The molecule has 0 fully saturated rings. The zero-order valence-electron chi connectivity index (χ0n) is 13.7. The van der Waals surface area contributed by atoms with Crippen LogP contribution in [0.2, 0.25) is 0 Å². The standard InChI is InChI=1S/C20H16F2N2O2/c21-16-10-4-9-15(18(16)22)20(26)24-17(19(23)25)11-13-7-3-6-12-5-1-2-8-14(12)13/h1-10,17H,11H2,(H2,23,25)(H,24,26)/t17-/m1/s1. The highest BCUT2D eigenvalue weighted by Crippen LogP contribution is 2.20. The Morgan fingerprint density at radius 1 is 0.962 bits per heavy atom. The summed E-state index contributed by atoms with van der Waals surface area (Å²) in [7, 11) is 0. The van der Waals surface area contributed by atoms with Crippen LogP contribution >= 0.6 is 0 Å². The van der Waals surface area contributed by atoms with Gasteiger partial charge < -0.3 is 11.1 Å². The van der Waals surface area contributed by atoms with Gasteiger partial charge in [0.25, 0.3) is 5.91 Å². The minimum atomic E-state index is -1.27. The van der Waals surface area contributed by atoms with Crippen LogP contribution in [0.1, 0.15) is 15.9 Å². The van der Waals surface area contributed by atoms with Gasteiger partial charge in [0.15, 0.2) is 11.6 Å². The molecule has 0 aromatic heterocycles. The van der Waals surface area contributed by atoms with Crippen LogP contribution in [0.15, 0.2) is 60.7 Å². The summed E-state index contributed by atoms with van der Waals surface area (Å²) in [6.45, 7) is 0. The lowest BCUT2D eigenvalue weighted by Gasteiger charge is -2.17. The summed E-state index contributed by atoms with van der Waals surface area (Å²) in [6, 6.07) is 15.4. The van der Waals surface area contributed by atoms with E-state index < -0.39 is 35.1 Å². The van der Waals surface area contributed by atoms with E-state index >= 15 is 0 Å². The highest BCUT2D eigenvalue weighted by atomic mass is 19.2. The van der Waals surface area contributed by atoms with Crippen LogP contribution < -0.4 is 11.1 Å². The lowest BCUT2D eigenvalue weighted by Crippen LogP contribution is -2.46. The lowest BCUT2D eigenvalue weighted by molar-refractivity contribution is -0.119. The van der Waals surface area contributed by atoms with Crippen molar-refractivity contribution in [1.82, 2.24) is 5.32 Å². The summed E-state index contributed by atoms with van der Waals surface area (Å²) in [5.41, 5.74) is 5.74. The molecule has 1 atom stereocenters. The molecule has 2 amide bonds. The number of hydrogen-bond donors (Lipinski definition) is 2. The first-order chi connectivity index (χ1) is 12.5. The van der Waals surface area contributed by atoms with Crippen molar-refractivity contribution >= 4 is 22.6 Å². The summed E-state index contributed by atoms with van der Waals surface area (Å²) in [5.74, 6) is -4.06. The summed E-state index contributed by atoms with van der Waals surface area (Å²) < 4.78 is 27.1. The number of rotatable bonds is 5. The van der Waals surface area contributed by atoms with E-state index in [0.29, 0.717) is 0 Å². The minimum Gasteiger partial charge on any atom is -0.368 e. The van der Waals surface area contributed by atoms with Crippen molar-refractivity contribution in [3.63, 3.8) is 0 Å². The highest BCUT2D eigenvalue weighted by Gasteiger charge is 2.23. The van der Waals surface area contributed by atoms with Gasteiger partial charge in [-0.15, -0.1) is 0 Å². The van der Waals surface area contributed by atoms with Gasteiger partial charge in [0, 0.05) is 6.42 Å². The second-order valence-corrected chi connectivity index (χ2v) is 5.87. The third kappa shape index (κ3) is 3.54. The summed E-state index contributed by atoms with van der Waals surface area (Å²) in [5, 5.41) is 4.30. The molecule has 0 saturated heterocycles. The number of nitrogens with one attached hydrogen (secondary N) is 1. The molecule has 132 valence electrons. The van der Waals surface area contributed by atoms with E-state index in [0.717, 1.165) is 28.5 Å². The van der Waals surface area contributed by atoms with Crippen molar-refractivity contribution in [2.45, 2.75) is 12.5 Å². The van der Waals surface area contributed by atoms with Crippen LogP contribution in [0.3, 0.4) is 0 Å². The Morgan fingerprint density at radius 3 is 2.42 bits per heavy atom. The topological polar surface area (TPSA) is 72.2 Å². The molecule has 0 bridgehead atoms. The van der Waals surface area contributed by atoms with Gasteiger partial charge in [0.2, 0.25) is 5.91 Å². The van der Waals surface area contributed by atoms with Gasteiger partial charge in [-0.25, -0.2) is 8.78 Å². The first kappa shape index (κ1) is 17.5. The molecule has 0 radical (unpaired) electrons. The second-order valence-electron chi connectivity index (χ2n) is 5.87. The Hall–Kier alpha value is -3.28. The van der Waals surface area contributed by atoms with Crippen molar-refractivity contribution in [2.75, 3.05) is 0 Å². The van der Waals surface area contributed by atoms with Crippen LogP contribution in [0, 0.1) is 11.6 Å². The van der Waals surface area contributed by atoms with Crippen molar-refractivity contribution in [2.24, 2.45) is 5.73 Å². The van der Waals surface area contributed by atoms with Gasteiger partial charge in [-0.2, -0.15) is 0 Å². The van der Waals surface area contributed by atoms with Gasteiger partial charge >= 0.3 is 0 Å². The monoisotopic (exact) mass is 354 g/mol. The van der Waals surface area contributed by atoms with E-state index in [1.807, 2.05) is 42.5 Å². The summed E-state index contributed by atoms with van der Waals surface area (Å²) >= 11 is 0. The minimum absolute atomic E-state index is 0.138. The van der Waals surface area contributed by atoms with Gasteiger partial charge in [0.1, 0.15) is 6.04 Å². The van der Waals surface area contributed by atoms with Gasteiger partial charge in [-0.3, -0.25) is 9.59 Å². The van der Waals surface area contributed by atoms with Crippen LogP contribution in [-0.4, -0.2) is 17.9 Å². The molecule has 3 rings (SSSR count). The van der Waals surface area contributed by atoms with Crippen LogP contribution in [0.5, 0.6) is 0 Å². The molecule has 0 heterocycles. The molecule has 26 heavy (non-hydrogen) atoms. The molecule has 0 unspecified atom stereocenters. The number of carbonyl (C=O) groups excluding carboxylic acids is 2. The fourth-order valence-corrected chi connectivity index (χ4v) is 2.83. The zero-order valence-corrected chi connectivity index (χ0v) is 13.7. The number of primary amides is 1. The van der Waals surface area contributed by atoms with Crippen LogP contribution in [0.4, 0.5) is 8.78 Å². The highest BCUT2D eigenvalue weighted by molar-refractivity contribution is 5.98. The zero-order chi connectivity index (χ0) is 18.7. The van der Waals surface area contributed by atoms with Crippen molar-refractivity contribution in [1.29, 1.82) is 0 Å². The number of fused-ring (bicyclic) bond motifs is 1. The van der Waals surface area contributed by atoms with E-state index in [1.54, 1.807) is 0 Å². The number of nitrogens with two attached hydrogens (primary N) is 1. The van der Waals surface area contributed by atoms with E-state index in [2.05, 4.69) is 5.32 Å². The fraction of sp³-hybridized carbons (Fsp3) is 0.100. The molecule has 0 aliphatic rings. The molecular formula is C20H16F2N2O2. The van der Waals surface area contributed by atoms with Crippen molar-refractivity contribution in [3.8, 4) is 0 Å². The van der Waals surface area contributed by atoms with E-state index in [9.17, 15) is 18.4 Å². The lowest BCUT2D eigenvalue weighted by atomic mass is 9.98. The van der Waals surface area contributed by atoms with Crippen LogP contribution in [-0.2, 0) is 11.2 Å². The summed E-state index contributed by atoms with van der Waals surface area (Å²) in [6.07, 6.45) is 0.138. The molecule has 0 saturated carbocycles. The SMILES string of the molecule is NC(=O)[C@@H](Cc1cccc2ccccc12)NC(=O)c1cccc(F)c1F. The number of halogens is 2. The van der Waals surface area contributed by atoms with E-state index in [1.165, 1.54) is 6.07 Å². The summed E-state index contributed by atoms with van der Waals surface area (Å²) in [4.78, 5) is 24.1. The third-order valence-electron chi connectivity index (χ3n) is 4.15. The molecular weight excluding hydrogens is 338 g/mol. The predicted octanol–water partition coefficient (Wildman–Crippen LogP) is 2.94. The Bertz CT molecular complexity index is 983. The van der Waals surface area contributed by atoms with Crippen molar-refractivity contribution < 1.29 is 18.4 Å². The molecule has 3 aromatic rings. The Morgan fingerprint density at radius 2 is 1.65 bits per heavy atom. The smallest absolute Gasteiger partial charge is 0.255 e. The first-order valence-corrected chi connectivity index (χ1v) is 7.98. The average Bonchev–Trinajstić information content (AvgIpc) is 2.63. The number of amides is 2. The quantitative estimate of drug-likeness (QED) is 0.739. The molecule has 3 N–H and O–H groups in total. The van der Waals surface area contributed by atoms with Crippen molar-refractivity contribution in [3.05, 3.63) is 83.4 Å². The fourth-order valence-electron chi connectivity index (χ4n) is 2.83. The maximum atomic E-state index is 13.8. The van der Waals surface area contributed by atoms with Crippen LogP contribution in [0.25, 0.3) is 10.8 Å². The molecule has 4 nitrogen and oxygen atoms in total. The normalized spacial score (nSPS) is 11.9. The largest absolute Gasteiger partial charge is 0.368 e. The molecule has 0 aliphatic heterocycles. The van der Waals surface area contributed by atoms with Gasteiger partial charge in [0.05, 0.1) is 5.56 Å². The van der Waals surface area contributed by atoms with Gasteiger partial charge in [-0.1, -0.05) is 48.5 Å². The maximum Gasteiger partial charge on any atom is 0.255 e. The van der Waals surface area contributed by atoms with E-state index in [4.69, 9.17) is 5.73 Å². The molecule has 6 heteroatoms. The predicted molar refractivity (Wildman–Crippen MR) is 94.5 cm³/mol. The Kier molecular flexibility index (Phi) is 4.93. The number of carbonyl (C=O) groups is 2. The Labute approximate surface area is 148 Å². The number of benzene rings is 3. The van der Waals surface area contributed by atoms with Gasteiger partial charge in [-0.05, 0) is 28.5 Å². The Balaban J connectivity index is 1.87. The molecule has 3 aromatic carbocycles. The molecule has 0 spiro atoms. The van der Waals surface area contributed by atoms with E-state index in [-0.39, 0.29) is 6.42 Å². The first-order valence-electron chi connectivity index (χ1n) is 7.98. The average molecular weight is 354 g/mol. The number of hydrogen-bond acceptors (Lipinski definition) is 2. The second kappa shape index (κ2) is 7.31. The maximum absolute atomic E-state index is 13.8. The molecule has 0 aliphatic carbocycles.